The largest absolute Gasteiger partial charge is 0.338 e. The second-order valence-electron chi connectivity index (χ2n) is 7.72. The van der Waals surface area contributed by atoms with Crippen LogP contribution in [-0.2, 0) is 12.3 Å². The van der Waals surface area contributed by atoms with E-state index in [-0.39, 0.29) is 0 Å². The van der Waals surface area contributed by atoms with Crippen LogP contribution in [0.1, 0.15) is 30.1 Å². The average Bonchev–Trinajstić information content (AvgIpc) is 3.55. The van der Waals surface area contributed by atoms with Gasteiger partial charge >= 0.3 is 0 Å². The number of rotatable bonds is 7. The summed E-state index contributed by atoms with van der Waals surface area (Å²) in [6.45, 7) is 5.10. The number of hydrogen-bond donors (Lipinski definition) is 0. The number of likely N-dealkylation sites (tertiary alicyclic amines) is 1. The Balaban J connectivity index is 1.35. The van der Waals surface area contributed by atoms with Crippen LogP contribution >= 0.6 is 11.8 Å². The van der Waals surface area contributed by atoms with Crippen LogP contribution in [-0.4, -0.2) is 42.9 Å². The van der Waals surface area contributed by atoms with E-state index in [0.29, 0.717) is 17.5 Å². The van der Waals surface area contributed by atoms with E-state index in [9.17, 15) is 0 Å². The molecular formula is C23H24N6OS. The van der Waals surface area contributed by atoms with Crippen LogP contribution in [0.4, 0.5) is 0 Å². The molecular weight excluding hydrogens is 408 g/mol. The zero-order valence-corrected chi connectivity index (χ0v) is 18.3. The molecule has 2 aromatic carbocycles. The average molecular weight is 433 g/mol. The van der Waals surface area contributed by atoms with Crippen molar-refractivity contribution in [3.05, 3.63) is 71.9 Å². The second kappa shape index (κ2) is 9.03. The molecule has 2 aromatic heterocycles. The highest BCUT2D eigenvalue weighted by molar-refractivity contribution is 7.98. The minimum Gasteiger partial charge on any atom is -0.338 e. The van der Waals surface area contributed by atoms with Crippen LogP contribution in [0.25, 0.3) is 17.1 Å². The number of aryl methyl sites for hydroxylation is 1. The van der Waals surface area contributed by atoms with Gasteiger partial charge in [0.15, 0.2) is 11.0 Å². The van der Waals surface area contributed by atoms with Crippen LogP contribution in [0.3, 0.4) is 0 Å². The van der Waals surface area contributed by atoms with Crippen LogP contribution < -0.4 is 0 Å². The number of benzene rings is 2. The first-order valence-electron chi connectivity index (χ1n) is 10.5. The molecule has 0 saturated carbocycles. The fourth-order valence-corrected chi connectivity index (χ4v) is 4.54. The minimum atomic E-state index is 0.535. The molecule has 8 heteroatoms. The molecule has 0 N–H and O–H groups in total. The van der Waals surface area contributed by atoms with Gasteiger partial charge in [-0.25, -0.2) is 0 Å². The first kappa shape index (κ1) is 20.0. The molecule has 0 radical (unpaired) electrons. The molecule has 0 aliphatic carbocycles. The van der Waals surface area contributed by atoms with Gasteiger partial charge in [0.25, 0.3) is 0 Å². The zero-order chi connectivity index (χ0) is 21.0. The Morgan fingerprint density at radius 3 is 2.52 bits per heavy atom. The molecule has 1 saturated heterocycles. The lowest BCUT2D eigenvalue weighted by molar-refractivity contribution is 0.319. The molecule has 0 amide bonds. The van der Waals surface area contributed by atoms with Gasteiger partial charge in [-0.3, -0.25) is 9.47 Å². The van der Waals surface area contributed by atoms with E-state index in [1.165, 1.54) is 18.4 Å². The van der Waals surface area contributed by atoms with Crippen molar-refractivity contribution in [3.8, 4) is 17.1 Å². The number of aromatic nitrogens is 5. The lowest BCUT2D eigenvalue weighted by Crippen LogP contribution is -2.21. The Labute approximate surface area is 185 Å². The molecule has 5 rings (SSSR count). The summed E-state index contributed by atoms with van der Waals surface area (Å²) in [6, 6.07) is 18.4. The molecule has 0 unspecified atom stereocenters. The lowest BCUT2D eigenvalue weighted by Gasteiger charge is -2.15. The molecule has 0 spiro atoms. The maximum Gasteiger partial charge on any atom is 0.237 e. The standard InChI is InChI=1S/C23H24N6OS/c1-17-9-11-18(12-10-17)22-24-21(30-27-22)16-31-23-26-25-20(15-28-13-5-6-14-28)29(23)19-7-3-2-4-8-19/h2-4,7-12H,5-6,13-16H2,1H3. The Morgan fingerprint density at radius 2 is 1.74 bits per heavy atom. The summed E-state index contributed by atoms with van der Waals surface area (Å²) in [7, 11) is 0. The summed E-state index contributed by atoms with van der Waals surface area (Å²) in [4.78, 5) is 6.99. The summed E-state index contributed by atoms with van der Waals surface area (Å²) in [6.07, 6.45) is 2.50. The van der Waals surface area contributed by atoms with Crippen molar-refractivity contribution in [1.29, 1.82) is 0 Å². The maximum absolute atomic E-state index is 5.48. The third kappa shape index (κ3) is 4.55. The van der Waals surface area contributed by atoms with Gasteiger partial charge < -0.3 is 4.52 Å². The Hall–Kier alpha value is -2.97. The van der Waals surface area contributed by atoms with Gasteiger partial charge in [-0.2, -0.15) is 4.98 Å². The van der Waals surface area contributed by atoms with Gasteiger partial charge in [0.05, 0.1) is 12.3 Å². The normalized spacial score (nSPS) is 14.4. The van der Waals surface area contributed by atoms with Gasteiger partial charge in [0, 0.05) is 11.3 Å². The van der Waals surface area contributed by atoms with E-state index in [1.54, 1.807) is 11.8 Å². The quantitative estimate of drug-likeness (QED) is 0.398. The number of hydrogen-bond acceptors (Lipinski definition) is 7. The molecule has 7 nitrogen and oxygen atoms in total. The van der Waals surface area contributed by atoms with Crippen molar-refractivity contribution in [2.24, 2.45) is 0 Å². The van der Waals surface area contributed by atoms with Crippen molar-refractivity contribution >= 4 is 11.8 Å². The SMILES string of the molecule is Cc1ccc(-c2noc(CSc3nnc(CN4CCCC4)n3-c3ccccc3)n2)cc1. The molecule has 158 valence electrons. The van der Waals surface area contributed by atoms with E-state index in [0.717, 1.165) is 41.9 Å². The summed E-state index contributed by atoms with van der Waals surface area (Å²) in [5, 5.41) is 14.0. The Bertz CT molecular complexity index is 1130. The fraction of sp³-hybridized carbons (Fsp3) is 0.304. The molecule has 3 heterocycles. The number of thioether (sulfide) groups is 1. The number of nitrogens with zero attached hydrogens (tertiary/aromatic N) is 6. The summed E-state index contributed by atoms with van der Waals surface area (Å²) < 4.78 is 7.62. The minimum absolute atomic E-state index is 0.535. The van der Waals surface area contributed by atoms with E-state index in [1.807, 2.05) is 42.5 Å². The lowest BCUT2D eigenvalue weighted by atomic mass is 10.1. The van der Waals surface area contributed by atoms with E-state index < -0.39 is 0 Å². The molecule has 1 aliphatic rings. The van der Waals surface area contributed by atoms with Gasteiger partial charge in [0.1, 0.15) is 0 Å². The van der Waals surface area contributed by atoms with Crippen LogP contribution in [0.2, 0.25) is 0 Å². The summed E-state index contributed by atoms with van der Waals surface area (Å²) in [5.41, 5.74) is 3.22. The van der Waals surface area contributed by atoms with E-state index in [2.05, 4.69) is 48.9 Å². The highest BCUT2D eigenvalue weighted by Gasteiger charge is 2.20. The van der Waals surface area contributed by atoms with Crippen LogP contribution in [0.15, 0.2) is 64.3 Å². The molecule has 4 aromatic rings. The predicted molar refractivity (Wildman–Crippen MR) is 120 cm³/mol. The van der Waals surface area contributed by atoms with E-state index >= 15 is 0 Å². The molecule has 31 heavy (non-hydrogen) atoms. The summed E-state index contributed by atoms with van der Waals surface area (Å²) >= 11 is 1.56. The summed E-state index contributed by atoms with van der Waals surface area (Å²) in [5.74, 6) is 2.67. The van der Waals surface area contributed by atoms with Crippen molar-refractivity contribution in [2.45, 2.75) is 37.2 Å². The highest BCUT2D eigenvalue weighted by atomic mass is 32.2. The molecule has 1 fully saturated rings. The smallest absolute Gasteiger partial charge is 0.237 e. The third-order valence-electron chi connectivity index (χ3n) is 5.38. The third-order valence-corrected chi connectivity index (χ3v) is 6.29. The molecule has 1 aliphatic heterocycles. The second-order valence-corrected chi connectivity index (χ2v) is 8.66. The fourth-order valence-electron chi connectivity index (χ4n) is 3.73. The van der Waals surface area contributed by atoms with Crippen molar-refractivity contribution in [1.82, 2.24) is 29.8 Å². The van der Waals surface area contributed by atoms with E-state index in [4.69, 9.17) is 4.52 Å². The van der Waals surface area contributed by atoms with Crippen molar-refractivity contribution in [2.75, 3.05) is 13.1 Å². The van der Waals surface area contributed by atoms with Gasteiger partial charge in [-0.05, 0) is 45.0 Å². The van der Waals surface area contributed by atoms with Crippen LogP contribution in [0, 0.1) is 6.92 Å². The van der Waals surface area contributed by atoms with Gasteiger partial charge in [-0.1, -0.05) is 64.9 Å². The molecule has 0 atom stereocenters. The Morgan fingerprint density at radius 1 is 0.968 bits per heavy atom. The highest BCUT2D eigenvalue weighted by Crippen LogP contribution is 2.27. The topological polar surface area (TPSA) is 72.9 Å². The van der Waals surface area contributed by atoms with Crippen LogP contribution in [0.5, 0.6) is 0 Å². The maximum atomic E-state index is 5.48. The van der Waals surface area contributed by atoms with Crippen molar-refractivity contribution < 1.29 is 4.52 Å². The first-order chi connectivity index (χ1) is 15.3. The van der Waals surface area contributed by atoms with Crippen molar-refractivity contribution in [3.63, 3.8) is 0 Å². The molecule has 0 bridgehead atoms. The monoisotopic (exact) mass is 432 g/mol. The van der Waals surface area contributed by atoms with Gasteiger partial charge in [0.2, 0.25) is 11.7 Å². The first-order valence-corrected chi connectivity index (χ1v) is 11.5. The Kier molecular flexibility index (Phi) is 5.82. The van der Waals surface area contributed by atoms with Gasteiger partial charge in [-0.15, -0.1) is 10.2 Å². The predicted octanol–water partition coefficient (Wildman–Crippen LogP) is 4.51. The zero-order valence-electron chi connectivity index (χ0n) is 17.4. The number of para-hydroxylation sites is 1.